The fraction of sp³-hybridized carbons (Fsp3) is 0.300. The molecule has 0 radical (unpaired) electrons. The van der Waals surface area contributed by atoms with Gasteiger partial charge in [-0.05, 0) is 37.3 Å². The van der Waals surface area contributed by atoms with Crippen LogP contribution in [0, 0.1) is 11.6 Å². The molecule has 0 saturated carbocycles. The normalized spacial score (nSPS) is 14.1. The molecule has 0 saturated heterocycles. The Morgan fingerprint density at radius 3 is 2.77 bits per heavy atom. The number of aliphatic hydroxyl groups is 1. The first-order valence-corrected chi connectivity index (χ1v) is 11.5. The van der Waals surface area contributed by atoms with Gasteiger partial charge in [0.05, 0.1) is 24.9 Å². The summed E-state index contributed by atoms with van der Waals surface area (Å²) in [5, 5.41) is 14.9. The summed E-state index contributed by atoms with van der Waals surface area (Å²) in [5.41, 5.74) is -0.834. The molecule has 2 aromatic heterocycles. The van der Waals surface area contributed by atoms with Gasteiger partial charge in [0.15, 0.2) is 0 Å². The number of hydrogen-bond acceptors (Lipinski definition) is 8. The second kappa shape index (κ2) is 10.2. The number of carbonyl (C=O) groups is 1. The van der Waals surface area contributed by atoms with Gasteiger partial charge in [0, 0.05) is 22.8 Å². The maximum Gasteiger partial charge on any atom is 0.339 e. The van der Waals surface area contributed by atoms with Crippen molar-refractivity contribution in [3.63, 3.8) is 0 Å². The smallest absolute Gasteiger partial charge is 0.339 e. The zero-order valence-corrected chi connectivity index (χ0v) is 18.4. The summed E-state index contributed by atoms with van der Waals surface area (Å²) < 4.78 is 34.4. The summed E-state index contributed by atoms with van der Waals surface area (Å²) in [5.74, 6) is -1.35. The average molecular weight is 467 g/mol. The van der Waals surface area contributed by atoms with Crippen LogP contribution in [-0.4, -0.2) is 43.2 Å². The van der Waals surface area contributed by atoms with E-state index in [9.17, 15) is 18.7 Å². The van der Waals surface area contributed by atoms with Crippen molar-refractivity contribution in [2.75, 3.05) is 7.11 Å². The van der Waals surface area contributed by atoms with Crippen LogP contribution in [0.25, 0.3) is 0 Å². The number of methoxy groups -OCH3 is 1. The summed E-state index contributed by atoms with van der Waals surface area (Å²) >= 11 is 0. The number of halogens is 2. The molecule has 2 atom stereocenters. The molecule has 3 aromatic rings. The summed E-state index contributed by atoms with van der Waals surface area (Å²) in [6.07, 6.45) is 4.14. The van der Waals surface area contributed by atoms with E-state index in [0.29, 0.717) is 17.0 Å². The zero-order chi connectivity index (χ0) is 22.4. The quantitative estimate of drug-likeness (QED) is 0.378. The third-order valence-corrected chi connectivity index (χ3v) is 7.46. The van der Waals surface area contributed by atoms with Crippen molar-refractivity contribution in [3.05, 3.63) is 77.6 Å². The lowest BCUT2D eigenvalue weighted by atomic mass is 9.90. The lowest BCUT2D eigenvalue weighted by Crippen LogP contribution is -2.41. The maximum absolute atomic E-state index is 14.5. The van der Waals surface area contributed by atoms with Crippen LogP contribution in [0.5, 0.6) is 0 Å². The fourth-order valence-electron chi connectivity index (χ4n) is 2.85. The molecule has 0 aliphatic carbocycles. The van der Waals surface area contributed by atoms with Gasteiger partial charge in [-0.3, -0.25) is 4.98 Å². The Balaban J connectivity index is 1.73. The number of nitrogens with zero attached hydrogens (tertiary/aromatic N) is 4. The van der Waals surface area contributed by atoms with Crippen LogP contribution in [0.4, 0.5) is 8.78 Å². The number of aromatic nitrogens is 4. The second-order valence-electron chi connectivity index (χ2n) is 6.67. The van der Waals surface area contributed by atoms with Crippen LogP contribution in [0.3, 0.4) is 0 Å². The molecule has 3 rings (SSSR count). The Morgan fingerprint density at radius 1 is 1.32 bits per heavy atom. The highest BCUT2D eigenvalue weighted by Gasteiger charge is 2.40. The SMILES string of the molecule is COC(=O)c1ccc(CSS[C@H](C)[C@](O)(Cn2cncn2)c2cc(F)ccc2F)nc1. The first-order chi connectivity index (χ1) is 14.8. The molecule has 7 nitrogen and oxygen atoms in total. The van der Waals surface area contributed by atoms with E-state index in [-0.39, 0.29) is 12.1 Å². The van der Waals surface area contributed by atoms with Crippen molar-refractivity contribution in [1.29, 1.82) is 0 Å². The summed E-state index contributed by atoms with van der Waals surface area (Å²) in [7, 11) is 4.00. The van der Waals surface area contributed by atoms with Gasteiger partial charge < -0.3 is 9.84 Å². The Hall–Kier alpha value is -2.50. The zero-order valence-electron chi connectivity index (χ0n) is 16.7. The van der Waals surface area contributed by atoms with Crippen LogP contribution >= 0.6 is 21.6 Å². The number of carbonyl (C=O) groups excluding carboxylic acids is 1. The van der Waals surface area contributed by atoms with Gasteiger partial charge in [0.2, 0.25) is 0 Å². The van der Waals surface area contributed by atoms with Crippen molar-refractivity contribution in [3.8, 4) is 0 Å². The van der Waals surface area contributed by atoms with E-state index in [2.05, 4.69) is 19.8 Å². The first-order valence-electron chi connectivity index (χ1n) is 9.15. The number of benzene rings is 1. The van der Waals surface area contributed by atoms with Crippen molar-refractivity contribution in [2.45, 2.75) is 30.1 Å². The highest BCUT2D eigenvalue weighted by molar-refractivity contribution is 8.76. The minimum absolute atomic E-state index is 0.103. The summed E-state index contributed by atoms with van der Waals surface area (Å²) in [4.78, 5) is 19.6. The van der Waals surface area contributed by atoms with Crippen molar-refractivity contribution in [1.82, 2.24) is 19.7 Å². The van der Waals surface area contributed by atoms with Gasteiger partial charge >= 0.3 is 5.97 Å². The molecule has 0 fully saturated rings. The molecular weight excluding hydrogens is 446 g/mol. The molecular formula is C20H20F2N4O3S2. The number of esters is 1. The monoisotopic (exact) mass is 466 g/mol. The molecule has 164 valence electrons. The van der Waals surface area contributed by atoms with Gasteiger partial charge in [-0.2, -0.15) is 5.10 Å². The molecule has 0 aliphatic heterocycles. The Bertz CT molecular complexity index is 1020. The molecule has 0 aliphatic rings. The molecule has 2 heterocycles. The number of pyridine rings is 1. The number of ether oxygens (including phenoxy) is 1. The van der Waals surface area contributed by atoms with Gasteiger partial charge in [-0.15, -0.1) is 0 Å². The minimum Gasteiger partial charge on any atom is -0.465 e. The van der Waals surface area contributed by atoms with Gasteiger partial charge in [-0.1, -0.05) is 21.6 Å². The van der Waals surface area contributed by atoms with Gasteiger partial charge in [-0.25, -0.2) is 23.2 Å². The highest BCUT2D eigenvalue weighted by atomic mass is 33.1. The third-order valence-electron chi connectivity index (χ3n) is 4.60. The predicted octanol–water partition coefficient (Wildman–Crippen LogP) is 3.60. The van der Waals surface area contributed by atoms with E-state index in [4.69, 9.17) is 0 Å². The molecule has 0 unspecified atom stereocenters. The maximum atomic E-state index is 14.5. The molecule has 11 heteroatoms. The summed E-state index contributed by atoms with van der Waals surface area (Å²) in [6, 6.07) is 6.32. The van der Waals surface area contributed by atoms with Crippen LogP contribution in [0.2, 0.25) is 0 Å². The van der Waals surface area contributed by atoms with Crippen LogP contribution in [-0.2, 0) is 22.6 Å². The van der Waals surface area contributed by atoms with Crippen molar-refractivity contribution in [2.24, 2.45) is 0 Å². The molecule has 0 amide bonds. The van der Waals surface area contributed by atoms with Crippen LogP contribution in [0.15, 0.2) is 49.2 Å². The molecule has 1 aromatic carbocycles. The average Bonchev–Trinajstić information content (AvgIpc) is 3.28. The third kappa shape index (κ3) is 5.60. The topological polar surface area (TPSA) is 90.1 Å². The Kier molecular flexibility index (Phi) is 7.63. The fourth-order valence-corrected chi connectivity index (χ4v) is 5.43. The lowest BCUT2D eigenvalue weighted by molar-refractivity contribution is 0.0134. The van der Waals surface area contributed by atoms with Crippen LogP contribution < -0.4 is 0 Å². The molecule has 0 spiro atoms. The Labute approximate surface area is 185 Å². The molecule has 1 N–H and O–H groups in total. The van der Waals surface area contributed by atoms with E-state index in [0.717, 1.165) is 18.2 Å². The lowest BCUT2D eigenvalue weighted by Gasteiger charge is -2.34. The standard InChI is InChI=1S/C20H20F2N4O3S2/c1-13(31-30-9-16-5-3-14(8-24-16)19(27)29-2)20(28,10-26-12-23-11-25-26)17-7-15(21)4-6-18(17)22/h3-8,11-13,28H,9-10H2,1-2H3/t13-,20-/m1/s1. The largest absolute Gasteiger partial charge is 0.465 e. The van der Waals surface area contributed by atoms with Crippen molar-refractivity contribution >= 4 is 27.6 Å². The highest BCUT2D eigenvalue weighted by Crippen LogP contribution is 2.41. The van der Waals surface area contributed by atoms with E-state index >= 15 is 0 Å². The molecule has 0 bridgehead atoms. The second-order valence-corrected chi connectivity index (χ2v) is 9.38. The number of rotatable bonds is 9. The summed E-state index contributed by atoms with van der Waals surface area (Å²) in [6.45, 7) is 1.63. The van der Waals surface area contributed by atoms with E-state index in [1.165, 1.54) is 52.2 Å². The van der Waals surface area contributed by atoms with E-state index < -0.39 is 28.5 Å². The minimum atomic E-state index is -1.75. The van der Waals surface area contributed by atoms with Gasteiger partial charge in [0.25, 0.3) is 0 Å². The van der Waals surface area contributed by atoms with Crippen molar-refractivity contribution < 1.29 is 23.4 Å². The first kappa shape index (κ1) is 23.2. The van der Waals surface area contributed by atoms with E-state index in [1.54, 1.807) is 19.1 Å². The van der Waals surface area contributed by atoms with E-state index in [1.807, 2.05) is 0 Å². The Morgan fingerprint density at radius 2 is 2.13 bits per heavy atom. The van der Waals surface area contributed by atoms with Gasteiger partial charge in [0.1, 0.15) is 29.9 Å². The van der Waals surface area contributed by atoms with Crippen LogP contribution in [0.1, 0.15) is 28.5 Å². The molecule has 31 heavy (non-hydrogen) atoms. The number of hydrogen-bond donors (Lipinski definition) is 1. The predicted molar refractivity (Wildman–Crippen MR) is 114 cm³/mol.